The fourth-order valence-electron chi connectivity index (χ4n) is 2.51. The van der Waals surface area contributed by atoms with E-state index < -0.39 is 0 Å². The lowest BCUT2D eigenvalue weighted by atomic mass is 10.0. The SMILES string of the molecule is CC[C@H](N)C(=O)N1CC[C@H]2CNC[C@H]21. The molecule has 2 aliphatic rings. The first-order valence-electron chi connectivity index (χ1n) is 5.50. The first kappa shape index (κ1) is 9.93. The average Bonchev–Trinajstić information content (AvgIpc) is 2.76. The summed E-state index contributed by atoms with van der Waals surface area (Å²) in [5, 5.41) is 3.33. The number of hydrogen-bond acceptors (Lipinski definition) is 3. The summed E-state index contributed by atoms with van der Waals surface area (Å²) in [6.45, 7) is 4.88. The lowest BCUT2D eigenvalue weighted by Crippen LogP contribution is -2.47. The van der Waals surface area contributed by atoms with Gasteiger partial charge in [0.15, 0.2) is 0 Å². The highest BCUT2D eigenvalue weighted by Gasteiger charge is 2.40. The van der Waals surface area contributed by atoms with Crippen molar-refractivity contribution >= 4 is 5.91 Å². The van der Waals surface area contributed by atoms with Crippen molar-refractivity contribution in [3.8, 4) is 0 Å². The summed E-state index contributed by atoms with van der Waals surface area (Å²) in [5.74, 6) is 0.812. The van der Waals surface area contributed by atoms with Crippen LogP contribution in [0.1, 0.15) is 19.8 Å². The van der Waals surface area contributed by atoms with Gasteiger partial charge in [-0.3, -0.25) is 4.79 Å². The van der Waals surface area contributed by atoms with Crippen LogP contribution in [-0.2, 0) is 4.79 Å². The van der Waals surface area contributed by atoms with Crippen molar-refractivity contribution in [2.24, 2.45) is 11.7 Å². The Balaban J connectivity index is 2.01. The maximum absolute atomic E-state index is 11.9. The molecule has 0 spiro atoms. The van der Waals surface area contributed by atoms with Gasteiger partial charge in [0.2, 0.25) is 5.91 Å². The van der Waals surface area contributed by atoms with Crippen LogP contribution >= 0.6 is 0 Å². The van der Waals surface area contributed by atoms with E-state index in [0.717, 1.165) is 32.5 Å². The third kappa shape index (κ3) is 1.53. The number of fused-ring (bicyclic) bond motifs is 1. The molecule has 0 aliphatic carbocycles. The van der Waals surface area contributed by atoms with Gasteiger partial charge in [-0.2, -0.15) is 0 Å². The smallest absolute Gasteiger partial charge is 0.239 e. The van der Waals surface area contributed by atoms with Crippen LogP contribution in [0.4, 0.5) is 0 Å². The van der Waals surface area contributed by atoms with E-state index in [1.54, 1.807) is 0 Å². The molecular formula is C10H19N3O. The molecule has 2 saturated heterocycles. The summed E-state index contributed by atoms with van der Waals surface area (Å²) in [7, 11) is 0. The van der Waals surface area contributed by atoms with E-state index in [2.05, 4.69) is 5.32 Å². The van der Waals surface area contributed by atoms with E-state index in [0.29, 0.717) is 12.0 Å². The van der Waals surface area contributed by atoms with Crippen LogP contribution in [0.5, 0.6) is 0 Å². The molecule has 0 aromatic carbocycles. The van der Waals surface area contributed by atoms with Crippen molar-refractivity contribution in [3.63, 3.8) is 0 Å². The Hall–Kier alpha value is -0.610. The quantitative estimate of drug-likeness (QED) is 0.630. The summed E-state index contributed by atoms with van der Waals surface area (Å²) >= 11 is 0. The van der Waals surface area contributed by atoms with Crippen LogP contribution in [0.25, 0.3) is 0 Å². The third-order valence-corrected chi connectivity index (χ3v) is 3.49. The maximum atomic E-state index is 11.9. The number of likely N-dealkylation sites (tertiary alicyclic amines) is 1. The molecule has 1 amide bonds. The minimum Gasteiger partial charge on any atom is -0.337 e. The molecule has 2 fully saturated rings. The zero-order chi connectivity index (χ0) is 10.1. The highest BCUT2D eigenvalue weighted by Crippen LogP contribution is 2.27. The number of nitrogens with one attached hydrogen (secondary N) is 1. The lowest BCUT2D eigenvalue weighted by Gasteiger charge is -2.25. The average molecular weight is 197 g/mol. The van der Waals surface area contributed by atoms with Crippen molar-refractivity contribution in [2.75, 3.05) is 19.6 Å². The number of carbonyl (C=O) groups is 1. The maximum Gasteiger partial charge on any atom is 0.239 e. The van der Waals surface area contributed by atoms with Crippen LogP contribution in [0.15, 0.2) is 0 Å². The number of rotatable bonds is 2. The van der Waals surface area contributed by atoms with Gasteiger partial charge in [0, 0.05) is 25.7 Å². The molecule has 2 aliphatic heterocycles. The molecule has 3 atom stereocenters. The summed E-state index contributed by atoms with van der Waals surface area (Å²) in [5.41, 5.74) is 5.77. The summed E-state index contributed by atoms with van der Waals surface area (Å²) in [4.78, 5) is 13.9. The lowest BCUT2D eigenvalue weighted by molar-refractivity contribution is -0.133. The van der Waals surface area contributed by atoms with Gasteiger partial charge >= 0.3 is 0 Å². The molecule has 0 aromatic rings. The van der Waals surface area contributed by atoms with Crippen LogP contribution in [0.2, 0.25) is 0 Å². The third-order valence-electron chi connectivity index (χ3n) is 3.49. The van der Waals surface area contributed by atoms with Crippen molar-refractivity contribution in [1.29, 1.82) is 0 Å². The minimum atomic E-state index is -0.297. The van der Waals surface area contributed by atoms with Crippen LogP contribution in [0, 0.1) is 5.92 Å². The molecule has 4 nitrogen and oxygen atoms in total. The van der Waals surface area contributed by atoms with Gasteiger partial charge in [0.05, 0.1) is 6.04 Å². The van der Waals surface area contributed by atoms with Gasteiger partial charge in [-0.25, -0.2) is 0 Å². The Kier molecular flexibility index (Phi) is 2.74. The standard InChI is InChI=1S/C10H19N3O/c1-2-8(11)10(14)13-4-3-7-5-12-6-9(7)13/h7-9,12H,2-6,11H2,1H3/t7-,8-,9+/m0/s1. The Labute approximate surface area is 84.8 Å². The zero-order valence-corrected chi connectivity index (χ0v) is 8.70. The Morgan fingerprint density at radius 2 is 2.43 bits per heavy atom. The van der Waals surface area contributed by atoms with E-state index in [-0.39, 0.29) is 11.9 Å². The van der Waals surface area contributed by atoms with Gasteiger partial charge in [0.25, 0.3) is 0 Å². The highest BCUT2D eigenvalue weighted by molar-refractivity contribution is 5.82. The second-order valence-electron chi connectivity index (χ2n) is 4.32. The monoisotopic (exact) mass is 197 g/mol. The number of nitrogens with zero attached hydrogens (tertiary/aromatic N) is 1. The summed E-state index contributed by atoms with van der Waals surface area (Å²) in [6, 6.07) is 0.120. The van der Waals surface area contributed by atoms with Gasteiger partial charge in [-0.05, 0) is 18.8 Å². The first-order chi connectivity index (χ1) is 6.74. The molecule has 2 rings (SSSR count). The second-order valence-corrected chi connectivity index (χ2v) is 4.32. The van der Waals surface area contributed by atoms with Gasteiger partial charge in [0.1, 0.15) is 0 Å². The predicted molar refractivity (Wildman–Crippen MR) is 54.7 cm³/mol. The predicted octanol–water partition coefficient (Wildman–Crippen LogP) is -0.456. The van der Waals surface area contributed by atoms with Gasteiger partial charge in [-0.15, -0.1) is 0 Å². The molecule has 0 radical (unpaired) electrons. The molecule has 0 aromatic heterocycles. The van der Waals surface area contributed by atoms with Gasteiger partial charge in [-0.1, -0.05) is 6.92 Å². The van der Waals surface area contributed by atoms with Crippen LogP contribution in [-0.4, -0.2) is 42.5 Å². The Bertz CT molecular complexity index is 231. The molecule has 0 saturated carbocycles. The normalized spacial score (nSPS) is 33.1. The molecule has 80 valence electrons. The second kappa shape index (κ2) is 3.87. The number of carbonyl (C=O) groups excluding carboxylic acids is 1. The van der Waals surface area contributed by atoms with Gasteiger partial charge < -0.3 is 16.0 Å². The molecule has 2 heterocycles. The van der Waals surface area contributed by atoms with Crippen molar-refractivity contribution < 1.29 is 4.79 Å². The first-order valence-corrected chi connectivity index (χ1v) is 5.50. The van der Waals surface area contributed by atoms with Crippen molar-refractivity contribution in [2.45, 2.75) is 31.8 Å². The Morgan fingerprint density at radius 3 is 3.14 bits per heavy atom. The fraction of sp³-hybridized carbons (Fsp3) is 0.900. The van der Waals surface area contributed by atoms with Crippen LogP contribution in [0.3, 0.4) is 0 Å². The molecular weight excluding hydrogens is 178 g/mol. The van der Waals surface area contributed by atoms with E-state index in [1.807, 2.05) is 11.8 Å². The van der Waals surface area contributed by atoms with Crippen molar-refractivity contribution in [3.05, 3.63) is 0 Å². The van der Waals surface area contributed by atoms with E-state index >= 15 is 0 Å². The summed E-state index contributed by atoms with van der Waals surface area (Å²) in [6.07, 6.45) is 1.87. The molecule has 0 bridgehead atoms. The van der Waals surface area contributed by atoms with E-state index in [9.17, 15) is 4.79 Å². The van der Waals surface area contributed by atoms with E-state index in [1.165, 1.54) is 0 Å². The molecule has 3 N–H and O–H groups in total. The van der Waals surface area contributed by atoms with E-state index in [4.69, 9.17) is 5.73 Å². The summed E-state index contributed by atoms with van der Waals surface area (Å²) < 4.78 is 0. The molecule has 14 heavy (non-hydrogen) atoms. The Morgan fingerprint density at radius 1 is 1.64 bits per heavy atom. The number of nitrogens with two attached hydrogens (primary N) is 1. The number of hydrogen-bond donors (Lipinski definition) is 2. The fourth-order valence-corrected chi connectivity index (χ4v) is 2.51. The minimum absolute atomic E-state index is 0.142. The van der Waals surface area contributed by atoms with Crippen LogP contribution < -0.4 is 11.1 Å². The largest absolute Gasteiger partial charge is 0.337 e. The molecule has 0 unspecified atom stereocenters. The molecule has 4 heteroatoms. The zero-order valence-electron chi connectivity index (χ0n) is 8.70. The topological polar surface area (TPSA) is 58.4 Å². The number of amides is 1. The van der Waals surface area contributed by atoms with Crippen molar-refractivity contribution in [1.82, 2.24) is 10.2 Å². The highest BCUT2D eigenvalue weighted by atomic mass is 16.2.